The molecule has 2 N–H and O–H groups in total. The summed E-state index contributed by atoms with van der Waals surface area (Å²) in [6.07, 6.45) is 6.70. The Bertz CT molecular complexity index is 991. The van der Waals surface area contributed by atoms with E-state index in [1.165, 1.54) is 39.4 Å². The molecular weight excluding hydrogens is 376 g/mol. The van der Waals surface area contributed by atoms with Gasteiger partial charge in [-0.3, -0.25) is 4.98 Å². The summed E-state index contributed by atoms with van der Waals surface area (Å²) in [5.74, 6) is 0.401. The number of aromatic amines is 1. The van der Waals surface area contributed by atoms with E-state index in [0.29, 0.717) is 19.0 Å². The number of anilines is 2. The van der Waals surface area contributed by atoms with Crippen LogP contribution >= 0.6 is 0 Å². The SMILES string of the molecule is CN(C)C1CN(S(=O)(=O)c2nnc(Nc3c4c(cc5c3CCC5)CCC4)[nH]2)C1. The van der Waals surface area contributed by atoms with Gasteiger partial charge in [0.15, 0.2) is 0 Å². The van der Waals surface area contributed by atoms with Crippen LogP contribution in [0.25, 0.3) is 0 Å². The molecule has 0 unspecified atom stereocenters. The highest BCUT2D eigenvalue weighted by molar-refractivity contribution is 7.89. The van der Waals surface area contributed by atoms with Gasteiger partial charge in [0.1, 0.15) is 0 Å². The van der Waals surface area contributed by atoms with Crippen molar-refractivity contribution in [1.29, 1.82) is 0 Å². The number of aromatic nitrogens is 3. The number of likely N-dealkylation sites (N-methyl/N-ethyl adjacent to an activating group) is 1. The topological polar surface area (TPSA) is 94.2 Å². The molecule has 0 atom stereocenters. The van der Waals surface area contributed by atoms with Gasteiger partial charge in [-0.1, -0.05) is 6.07 Å². The van der Waals surface area contributed by atoms with Gasteiger partial charge < -0.3 is 10.2 Å². The lowest BCUT2D eigenvalue weighted by Gasteiger charge is -2.40. The van der Waals surface area contributed by atoms with E-state index in [4.69, 9.17) is 0 Å². The van der Waals surface area contributed by atoms with Crippen LogP contribution < -0.4 is 5.32 Å². The second kappa shape index (κ2) is 6.53. The summed E-state index contributed by atoms with van der Waals surface area (Å²) in [5, 5.41) is 11.3. The number of rotatable bonds is 5. The zero-order chi connectivity index (χ0) is 19.5. The van der Waals surface area contributed by atoms with Gasteiger partial charge in [-0.15, -0.1) is 10.2 Å². The van der Waals surface area contributed by atoms with Crippen LogP contribution in [0.4, 0.5) is 11.6 Å². The fourth-order valence-corrected chi connectivity index (χ4v) is 5.92. The number of sulfonamides is 1. The quantitative estimate of drug-likeness (QED) is 0.786. The molecule has 1 aliphatic heterocycles. The van der Waals surface area contributed by atoms with Crippen molar-refractivity contribution < 1.29 is 8.42 Å². The molecule has 0 spiro atoms. The van der Waals surface area contributed by atoms with Crippen molar-refractivity contribution in [3.05, 3.63) is 28.3 Å². The zero-order valence-electron chi connectivity index (χ0n) is 16.3. The fraction of sp³-hybridized carbons (Fsp3) is 0.579. The first-order valence-electron chi connectivity index (χ1n) is 9.96. The summed E-state index contributed by atoms with van der Waals surface area (Å²) in [7, 11) is 0.295. The summed E-state index contributed by atoms with van der Waals surface area (Å²) in [5.41, 5.74) is 6.69. The molecule has 1 aromatic carbocycles. The predicted molar refractivity (Wildman–Crippen MR) is 106 cm³/mol. The standard InChI is InChI=1S/C19H26N6O2S/c1-24(2)14-10-25(11-14)28(26,27)19-21-18(22-23-19)20-17-15-7-3-5-12(15)9-13-6-4-8-16(13)17/h9,14H,3-8,10-11H2,1-2H3,(H2,20,21,22,23). The van der Waals surface area contributed by atoms with Gasteiger partial charge in [0.05, 0.1) is 0 Å². The van der Waals surface area contributed by atoms with Crippen LogP contribution in [0.1, 0.15) is 35.1 Å². The van der Waals surface area contributed by atoms with Gasteiger partial charge in [0, 0.05) is 24.8 Å². The number of H-pyrrole nitrogens is 1. The summed E-state index contributed by atoms with van der Waals surface area (Å²) < 4.78 is 27.0. The summed E-state index contributed by atoms with van der Waals surface area (Å²) in [4.78, 5) is 4.94. The van der Waals surface area contributed by atoms with Crippen LogP contribution in [0.15, 0.2) is 11.2 Å². The molecule has 2 heterocycles. The Morgan fingerprint density at radius 3 is 2.32 bits per heavy atom. The molecular formula is C19H26N6O2S. The summed E-state index contributed by atoms with van der Waals surface area (Å²) in [6, 6.07) is 2.63. The number of hydrogen-bond acceptors (Lipinski definition) is 6. The number of hydrogen-bond donors (Lipinski definition) is 2. The smallest absolute Gasteiger partial charge is 0.278 e. The van der Waals surface area contributed by atoms with E-state index in [0.717, 1.165) is 31.4 Å². The minimum Gasteiger partial charge on any atom is -0.324 e. The first kappa shape index (κ1) is 18.1. The van der Waals surface area contributed by atoms with Crippen LogP contribution in [0, 0.1) is 0 Å². The Morgan fingerprint density at radius 1 is 1.07 bits per heavy atom. The first-order chi connectivity index (χ1) is 13.4. The normalized spacial score (nSPS) is 19.7. The number of fused-ring (bicyclic) bond motifs is 2. The van der Waals surface area contributed by atoms with Crippen LogP contribution in [0.2, 0.25) is 0 Å². The molecule has 2 aromatic rings. The van der Waals surface area contributed by atoms with E-state index in [1.807, 2.05) is 19.0 Å². The van der Waals surface area contributed by atoms with Crippen molar-refractivity contribution in [3.63, 3.8) is 0 Å². The molecule has 0 saturated carbocycles. The molecule has 1 fully saturated rings. The van der Waals surface area contributed by atoms with E-state index >= 15 is 0 Å². The highest BCUT2D eigenvalue weighted by Gasteiger charge is 2.39. The molecule has 150 valence electrons. The highest BCUT2D eigenvalue weighted by atomic mass is 32.2. The highest BCUT2D eigenvalue weighted by Crippen LogP contribution is 2.39. The monoisotopic (exact) mass is 402 g/mol. The van der Waals surface area contributed by atoms with Gasteiger partial charge in [-0.05, 0) is 74.9 Å². The lowest BCUT2D eigenvalue weighted by molar-refractivity contribution is 0.133. The lowest BCUT2D eigenvalue weighted by Crippen LogP contribution is -2.59. The Morgan fingerprint density at radius 2 is 1.71 bits per heavy atom. The third-order valence-corrected chi connectivity index (χ3v) is 7.98. The van der Waals surface area contributed by atoms with E-state index in [-0.39, 0.29) is 11.2 Å². The second-order valence-electron chi connectivity index (χ2n) is 8.28. The lowest BCUT2D eigenvalue weighted by atomic mass is 9.99. The Hall–Kier alpha value is -1.97. The average Bonchev–Trinajstić information content (AvgIpc) is 3.32. The van der Waals surface area contributed by atoms with Gasteiger partial charge >= 0.3 is 0 Å². The largest absolute Gasteiger partial charge is 0.324 e. The van der Waals surface area contributed by atoms with Gasteiger partial charge in [0.25, 0.3) is 15.2 Å². The van der Waals surface area contributed by atoms with Crippen molar-refractivity contribution in [2.24, 2.45) is 0 Å². The van der Waals surface area contributed by atoms with Crippen LogP contribution in [0.5, 0.6) is 0 Å². The maximum absolute atomic E-state index is 12.8. The third-order valence-electron chi connectivity index (χ3n) is 6.33. The molecule has 9 heteroatoms. The van der Waals surface area contributed by atoms with Gasteiger partial charge in [0.2, 0.25) is 5.95 Å². The van der Waals surface area contributed by atoms with E-state index < -0.39 is 10.0 Å². The van der Waals surface area contributed by atoms with E-state index in [1.54, 1.807) is 0 Å². The Balaban J connectivity index is 1.40. The molecule has 5 rings (SSSR count). The Kier molecular flexibility index (Phi) is 4.22. The minimum atomic E-state index is -3.63. The molecule has 1 aromatic heterocycles. The first-order valence-corrected chi connectivity index (χ1v) is 11.4. The number of nitrogens with one attached hydrogen (secondary N) is 2. The van der Waals surface area contributed by atoms with Crippen molar-refractivity contribution in [2.75, 3.05) is 32.5 Å². The van der Waals surface area contributed by atoms with Gasteiger partial charge in [-0.25, -0.2) is 8.42 Å². The molecule has 0 bridgehead atoms. The molecule has 0 amide bonds. The van der Waals surface area contributed by atoms with Crippen LogP contribution in [-0.4, -0.2) is 66.0 Å². The van der Waals surface area contributed by atoms with E-state index in [9.17, 15) is 8.42 Å². The molecule has 2 aliphatic carbocycles. The number of aryl methyl sites for hydroxylation is 2. The van der Waals surface area contributed by atoms with Crippen molar-refractivity contribution >= 4 is 21.7 Å². The number of benzene rings is 1. The van der Waals surface area contributed by atoms with Crippen molar-refractivity contribution in [1.82, 2.24) is 24.4 Å². The molecule has 28 heavy (non-hydrogen) atoms. The maximum atomic E-state index is 12.8. The van der Waals surface area contributed by atoms with Crippen molar-refractivity contribution in [3.8, 4) is 0 Å². The second-order valence-corrected chi connectivity index (χ2v) is 10.1. The molecule has 3 aliphatic rings. The van der Waals surface area contributed by atoms with Crippen LogP contribution in [0.3, 0.4) is 0 Å². The molecule has 8 nitrogen and oxygen atoms in total. The maximum Gasteiger partial charge on any atom is 0.278 e. The average molecular weight is 403 g/mol. The van der Waals surface area contributed by atoms with Crippen molar-refractivity contribution in [2.45, 2.75) is 49.7 Å². The third kappa shape index (κ3) is 2.84. The Labute approximate surface area is 165 Å². The fourth-order valence-electron chi connectivity index (χ4n) is 4.57. The summed E-state index contributed by atoms with van der Waals surface area (Å²) in [6.45, 7) is 0.969. The van der Waals surface area contributed by atoms with Crippen LogP contribution in [-0.2, 0) is 35.7 Å². The zero-order valence-corrected chi connectivity index (χ0v) is 17.1. The molecule has 0 radical (unpaired) electrons. The summed E-state index contributed by atoms with van der Waals surface area (Å²) >= 11 is 0. The predicted octanol–water partition coefficient (Wildman–Crippen LogP) is 1.46. The van der Waals surface area contributed by atoms with Gasteiger partial charge in [-0.2, -0.15) is 4.31 Å². The molecule has 1 saturated heterocycles. The number of nitrogens with zero attached hydrogens (tertiary/aromatic N) is 4. The van der Waals surface area contributed by atoms with E-state index in [2.05, 4.69) is 26.6 Å². The minimum absolute atomic E-state index is 0.0866.